The van der Waals surface area contributed by atoms with Gasteiger partial charge in [-0.2, -0.15) is 0 Å². The highest BCUT2D eigenvalue weighted by Gasteiger charge is 2.36. The zero-order valence-electron chi connectivity index (χ0n) is 13.0. The molecule has 124 valence electrons. The maximum Gasteiger partial charge on any atom is 0.233 e. The normalized spacial score (nSPS) is 21.7. The van der Waals surface area contributed by atoms with Crippen LogP contribution in [0.25, 0.3) is 0 Å². The maximum absolute atomic E-state index is 12.6. The predicted octanol–water partition coefficient (Wildman–Crippen LogP) is 1.75. The zero-order chi connectivity index (χ0) is 16.3. The van der Waals surface area contributed by atoms with Crippen LogP contribution in [0.3, 0.4) is 0 Å². The molecule has 0 aromatic carbocycles. The molecule has 1 aromatic rings. The van der Waals surface area contributed by atoms with Crippen LogP contribution in [0.2, 0.25) is 0 Å². The predicted molar refractivity (Wildman–Crippen MR) is 89.0 cm³/mol. The van der Waals surface area contributed by atoms with E-state index in [1.54, 1.807) is 4.90 Å². The summed E-state index contributed by atoms with van der Waals surface area (Å²) >= 11 is 2.83. The number of aromatic nitrogens is 2. The van der Waals surface area contributed by atoms with Gasteiger partial charge in [0.25, 0.3) is 0 Å². The Bertz CT molecular complexity index is 629. The van der Waals surface area contributed by atoms with E-state index in [-0.39, 0.29) is 35.2 Å². The van der Waals surface area contributed by atoms with Crippen molar-refractivity contribution in [3.63, 3.8) is 0 Å². The molecule has 6 nitrogen and oxygen atoms in total. The molecule has 0 unspecified atom stereocenters. The Morgan fingerprint density at radius 3 is 2.73 bits per heavy atom. The monoisotopic (exact) mass is 363 g/mol. The number of hydrogen-bond donors (Lipinski definition) is 0. The summed E-state index contributed by atoms with van der Waals surface area (Å²) in [4.78, 5) is 14.4. The molecule has 9 heteroatoms. The van der Waals surface area contributed by atoms with Gasteiger partial charge < -0.3 is 4.90 Å². The van der Waals surface area contributed by atoms with Crippen LogP contribution in [0, 0.1) is 6.92 Å². The molecule has 1 aromatic heterocycles. The van der Waals surface area contributed by atoms with Crippen LogP contribution < -0.4 is 0 Å². The number of sulfone groups is 1. The number of amides is 1. The first-order valence-corrected chi connectivity index (χ1v) is 10.9. The zero-order valence-corrected chi connectivity index (χ0v) is 15.4. The average Bonchev–Trinajstić information content (AvgIpc) is 3.02. The van der Waals surface area contributed by atoms with E-state index in [4.69, 9.17) is 0 Å². The van der Waals surface area contributed by atoms with Crippen molar-refractivity contribution >= 4 is 38.8 Å². The Balaban J connectivity index is 2.03. The summed E-state index contributed by atoms with van der Waals surface area (Å²) in [5.41, 5.74) is 0. The Morgan fingerprint density at radius 2 is 2.23 bits per heavy atom. The van der Waals surface area contributed by atoms with Gasteiger partial charge in [0.15, 0.2) is 14.2 Å². The summed E-state index contributed by atoms with van der Waals surface area (Å²) in [7, 11) is -3.00. The molecule has 2 rings (SSSR count). The smallest absolute Gasteiger partial charge is 0.233 e. The van der Waals surface area contributed by atoms with E-state index in [2.05, 4.69) is 10.2 Å². The number of carbonyl (C=O) groups excluding carboxylic acids is 1. The number of rotatable bonds is 6. The fourth-order valence-corrected chi connectivity index (χ4v) is 5.93. The van der Waals surface area contributed by atoms with Gasteiger partial charge in [-0.15, -0.1) is 10.2 Å². The van der Waals surface area contributed by atoms with Gasteiger partial charge in [0.05, 0.1) is 17.3 Å². The van der Waals surface area contributed by atoms with E-state index < -0.39 is 9.84 Å². The first-order chi connectivity index (χ1) is 10.3. The highest BCUT2D eigenvalue weighted by atomic mass is 32.2. The van der Waals surface area contributed by atoms with Gasteiger partial charge in [-0.05, 0) is 26.7 Å². The molecular formula is C13H21N3O3S3. The molecule has 0 N–H and O–H groups in total. The van der Waals surface area contributed by atoms with Crippen LogP contribution in [0.5, 0.6) is 0 Å². The van der Waals surface area contributed by atoms with E-state index in [1.165, 1.54) is 23.1 Å². The quantitative estimate of drug-likeness (QED) is 0.717. The van der Waals surface area contributed by atoms with Crippen LogP contribution in [0.1, 0.15) is 31.7 Å². The van der Waals surface area contributed by atoms with Crippen molar-refractivity contribution in [2.45, 2.75) is 50.0 Å². The number of carbonyl (C=O) groups is 1. The third-order valence-electron chi connectivity index (χ3n) is 3.78. The Hall–Kier alpha value is -0.670. The minimum atomic E-state index is -3.00. The molecule has 1 aliphatic heterocycles. The molecule has 2 atom stereocenters. The van der Waals surface area contributed by atoms with Gasteiger partial charge in [-0.1, -0.05) is 30.0 Å². The van der Waals surface area contributed by atoms with E-state index in [9.17, 15) is 13.2 Å². The highest BCUT2D eigenvalue weighted by molar-refractivity contribution is 8.01. The van der Waals surface area contributed by atoms with Crippen molar-refractivity contribution in [2.75, 3.05) is 17.3 Å². The highest BCUT2D eigenvalue weighted by Crippen LogP contribution is 2.25. The molecule has 1 fully saturated rings. The second kappa shape index (κ2) is 7.27. The molecule has 0 radical (unpaired) electrons. The third kappa shape index (κ3) is 4.42. The van der Waals surface area contributed by atoms with E-state index >= 15 is 0 Å². The summed E-state index contributed by atoms with van der Waals surface area (Å²) in [6.07, 6.45) is 1.35. The van der Waals surface area contributed by atoms with Crippen LogP contribution in [0.15, 0.2) is 4.34 Å². The van der Waals surface area contributed by atoms with Crippen molar-refractivity contribution in [3.8, 4) is 0 Å². The molecule has 1 aliphatic rings. The second-order valence-electron chi connectivity index (χ2n) is 5.49. The number of thioether (sulfide) groups is 1. The molecule has 0 saturated carbocycles. The Kier molecular flexibility index (Phi) is 5.84. The second-order valence-corrected chi connectivity index (χ2v) is 10.1. The number of nitrogens with zero attached hydrogens (tertiary/aromatic N) is 3. The van der Waals surface area contributed by atoms with Crippen molar-refractivity contribution < 1.29 is 13.2 Å². The molecular weight excluding hydrogens is 342 g/mol. The van der Waals surface area contributed by atoms with Gasteiger partial charge in [-0.25, -0.2) is 8.42 Å². The first kappa shape index (κ1) is 17.7. The number of aryl methyl sites for hydroxylation is 1. The molecule has 1 saturated heterocycles. The largest absolute Gasteiger partial charge is 0.335 e. The lowest BCUT2D eigenvalue weighted by atomic mass is 10.1. The summed E-state index contributed by atoms with van der Waals surface area (Å²) < 4.78 is 24.2. The summed E-state index contributed by atoms with van der Waals surface area (Å²) in [5.74, 6) is 0.524. The van der Waals surface area contributed by atoms with Crippen molar-refractivity contribution in [1.82, 2.24) is 15.1 Å². The SMILES string of the molecule is CC[C@@H](C)N(C(=O)CSc1nnc(C)s1)[C@H]1CCS(=O)(=O)C1. The molecule has 22 heavy (non-hydrogen) atoms. The molecule has 0 spiro atoms. The third-order valence-corrected chi connectivity index (χ3v) is 7.49. The minimum Gasteiger partial charge on any atom is -0.335 e. The minimum absolute atomic E-state index is 0.0192. The van der Waals surface area contributed by atoms with Crippen LogP contribution >= 0.6 is 23.1 Å². The van der Waals surface area contributed by atoms with Gasteiger partial charge in [0, 0.05) is 12.1 Å². The van der Waals surface area contributed by atoms with Gasteiger partial charge in [0.2, 0.25) is 5.91 Å². The van der Waals surface area contributed by atoms with E-state index in [0.717, 1.165) is 15.8 Å². The number of hydrogen-bond acceptors (Lipinski definition) is 7. The lowest BCUT2D eigenvalue weighted by Gasteiger charge is -2.33. The summed E-state index contributed by atoms with van der Waals surface area (Å²) in [6.45, 7) is 5.86. The fourth-order valence-electron chi connectivity index (χ4n) is 2.54. The fraction of sp³-hybridized carbons (Fsp3) is 0.769. The van der Waals surface area contributed by atoms with Crippen LogP contribution in [-0.4, -0.2) is 58.8 Å². The van der Waals surface area contributed by atoms with Crippen molar-refractivity contribution in [1.29, 1.82) is 0 Å². The van der Waals surface area contributed by atoms with Crippen LogP contribution in [-0.2, 0) is 14.6 Å². The standard InChI is InChI=1S/C13H21N3O3S3/c1-4-9(2)16(11-5-6-22(18,19)8-11)12(17)7-20-13-15-14-10(3)21-13/h9,11H,4-8H2,1-3H3/t9-,11+/m1/s1. The average molecular weight is 364 g/mol. The van der Waals surface area contributed by atoms with Crippen molar-refractivity contribution in [3.05, 3.63) is 5.01 Å². The molecule has 1 amide bonds. The first-order valence-electron chi connectivity index (χ1n) is 7.27. The topological polar surface area (TPSA) is 80.2 Å². The van der Waals surface area contributed by atoms with Crippen molar-refractivity contribution in [2.24, 2.45) is 0 Å². The lowest BCUT2D eigenvalue weighted by Crippen LogP contribution is -2.47. The lowest BCUT2D eigenvalue weighted by molar-refractivity contribution is -0.132. The summed E-state index contributed by atoms with van der Waals surface area (Å²) in [6, 6.07) is -0.147. The Labute approximate surface area is 139 Å². The Morgan fingerprint density at radius 1 is 1.50 bits per heavy atom. The van der Waals surface area contributed by atoms with E-state index in [1.807, 2.05) is 20.8 Å². The van der Waals surface area contributed by atoms with E-state index in [0.29, 0.717) is 6.42 Å². The maximum atomic E-state index is 12.6. The molecule has 0 aliphatic carbocycles. The van der Waals surface area contributed by atoms with Gasteiger partial charge in [0.1, 0.15) is 5.01 Å². The van der Waals surface area contributed by atoms with Gasteiger partial charge >= 0.3 is 0 Å². The molecule has 2 heterocycles. The summed E-state index contributed by atoms with van der Waals surface area (Å²) in [5, 5.41) is 8.80. The van der Waals surface area contributed by atoms with Gasteiger partial charge in [-0.3, -0.25) is 4.79 Å². The molecule has 0 bridgehead atoms. The van der Waals surface area contributed by atoms with Crippen LogP contribution in [0.4, 0.5) is 0 Å².